The Morgan fingerprint density at radius 3 is 2.53 bits per heavy atom. The van der Waals surface area contributed by atoms with Crippen LogP contribution in [0.5, 0.6) is 0 Å². The first kappa shape index (κ1) is 11.4. The summed E-state index contributed by atoms with van der Waals surface area (Å²) in [6.07, 6.45) is 0.300. The molecular formula is C11H14N2O2. The number of Topliss-reactive ketones (excluding diaryl/α,β-unsaturated/α-hetero) is 1. The molecule has 1 aromatic heterocycles. The highest BCUT2D eigenvalue weighted by atomic mass is 16.1. The third-order valence-electron chi connectivity index (χ3n) is 1.76. The predicted molar refractivity (Wildman–Crippen MR) is 57.7 cm³/mol. The molecule has 1 N–H and O–H groups in total. The lowest BCUT2D eigenvalue weighted by molar-refractivity contribution is -0.116. The Morgan fingerprint density at radius 1 is 1.33 bits per heavy atom. The van der Waals surface area contributed by atoms with E-state index >= 15 is 0 Å². The van der Waals surface area contributed by atoms with Crippen LogP contribution in [0.1, 0.15) is 25.1 Å². The number of hydrogen-bond donors (Lipinski definition) is 1. The van der Waals surface area contributed by atoms with E-state index in [4.69, 9.17) is 0 Å². The van der Waals surface area contributed by atoms with E-state index in [1.807, 2.05) is 13.0 Å². The lowest BCUT2D eigenvalue weighted by Crippen LogP contribution is -2.09. The lowest BCUT2D eigenvalue weighted by atomic mass is 10.1. The number of nitrogens with one attached hydrogen (secondary N) is 1. The van der Waals surface area contributed by atoms with Crippen molar-refractivity contribution < 1.29 is 9.59 Å². The Hall–Kier alpha value is -1.71. The summed E-state index contributed by atoms with van der Waals surface area (Å²) in [5.74, 6) is 0.391. The van der Waals surface area contributed by atoms with Crippen molar-refractivity contribution in [3.05, 3.63) is 23.4 Å². The fourth-order valence-corrected chi connectivity index (χ4v) is 1.33. The van der Waals surface area contributed by atoms with Gasteiger partial charge in [0.2, 0.25) is 5.91 Å². The smallest absolute Gasteiger partial charge is 0.222 e. The minimum atomic E-state index is -0.165. The topological polar surface area (TPSA) is 59.1 Å². The molecule has 0 unspecified atom stereocenters. The van der Waals surface area contributed by atoms with Crippen LogP contribution in [0, 0.1) is 6.92 Å². The summed E-state index contributed by atoms with van der Waals surface area (Å²) >= 11 is 0. The number of nitrogens with zero attached hydrogens (tertiary/aromatic N) is 1. The Morgan fingerprint density at radius 2 is 2.00 bits per heavy atom. The molecule has 0 atom stereocenters. The van der Waals surface area contributed by atoms with Crippen LogP contribution < -0.4 is 5.32 Å². The zero-order valence-electron chi connectivity index (χ0n) is 9.13. The number of anilines is 1. The van der Waals surface area contributed by atoms with Gasteiger partial charge in [-0.15, -0.1) is 0 Å². The highest BCUT2D eigenvalue weighted by molar-refractivity contribution is 5.87. The maximum Gasteiger partial charge on any atom is 0.222 e. The number of ketones is 1. The second-order valence-corrected chi connectivity index (χ2v) is 3.58. The van der Waals surface area contributed by atoms with Crippen molar-refractivity contribution in [2.24, 2.45) is 0 Å². The molecule has 0 aromatic carbocycles. The fourth-order valence-electron chi connectivity index (χ4n) is 1.33. The molecule has 0 aliphatic heterocycles. The van der Waals surface area contributed by atoms with Crippen molar-refractivity contribution >= 4 is 17.5 Å². The Kier molecular flexibility index (Phi) is 3.55. The molecule has 0 saturated carbocycles. The lowest BCUT2D eigenvalue weighted by Gasteiger charge is -2.05. The van der Waals surface area contributed by atoms with Crippen LogP contribution in [0.4, 0.5) is 5.82 Å². The number of amides is 1. The summed E-state index contributed by atoms with van der Waals surface area (Å²) in [5, 5.41) is 2.60. The maximum absolute atomic E-state index is 10.9. The number of aromatic nitrogens is 1. The summed E-state index contributed by atoms with van der Waals surface area (Å²) < 4.78 is 0. The minimum absolute atomic E-state index is 0.0573. The first-order valence-corrected chi connectivity index (χ1v) is 4.72. The molecule has 0 bridgehead atoms. The van der Waals surface area contributed by atoms with Gasteiger partial charge < -0.3 is 5.32 Å². The molecule has 4 heteroatoms. The summed E-state index contributed by atoms with van der Waals surface area (Å²) in [7, 11) is 0. The average Bonchev–Trinajstić information content (AvgIpc) is 1.98. The van der Waals surface area contributed by atoms with Crippen LogP contribution in [0.25, 0.3) is 0 Å². The molecule has 0 saturated heterocycles. The molecule has 0 aliphatic rings. The summed E-state index contributed by atoms with van der Waals surface area (Å²) in [4.78, 5) is 25.9. The van der Waals surface area contributed by atoms with Gasteiger partial charge in [0.25, 0.3) is 0 Å². The van der Waals surface area contributed by atoms with E-state index in [1.54, 1.807) is 6.07 Å². The van der Waals surface area contributed by atoms with Gasteiger partial charge in [0, 0.05) is 13.3 Å². The van der Waals surface area contributed by atoms with Gasteiger partial charge >= 0.3 is 0 Å². The van der Waals surface area contributed by atoms with Gasteiger partial charge in [-0.3, -0.25) is 9.59 Å². The van der Waals surface area contributed by atoms with Crippen molar-refractivity contribution in [2.45, 2.75) is 27.2 Å². The zero-order chi connectivity index (χ0) is 11.4. The molecule has 1 aromatic rings. The van der Waals surface area contributed by atoms with Crippen molar-refractivity contribution in [3.8, 4) is 0 Å². The molecule has 80 valence electrons. The maximum atomic E-state index is 10.9. The van der Waals surface area contributed by atoms with E-state index in [-0.39, 0.29) is 11.7 Å². The number of aryl methyl sites for hydroxylation is 1. The molecule has 0 radical (unpaired) electrons. The largest absolute Gasteiger partial charge is 0.311 e. The van der Waals surface area contributed by atoms with Crippen LogP contribution in [-0.4, -0.2) is 16.7 Å². The molecule has 4 nitrogen and oxygen atoms in total. The quantitative estimate of drug-likeness (QED) is 0.814. The van der Waals surface area contributed by atoms with Crippen molar-refractivity contribution in [2.75, 3.05) is 5.32 Å². The Balaban J connectivity index is 2.94. The Bertz CT molecular complexity index is 365. The molecule has 1 heterocycles. The molecule has 1 amide bonds. The van der Waals surface area contributed by atoms with E-state index in [0.29, 0.717) is 17.9 Å². The normalized spacial score (nSPS) is 9.80. The molecular weight excluding hydrogens is 192 g/mol. The van der Waals surface area contributed by atoms with Gasteiger partial charge in [-0.2, -0.15) is 0 Å². The minimum Gasteiger partial charge on any atom is -0.311 e. The van der Waals surface area contributed by atoms with Crippen molar-refractivity contribution in [1.29, 1.82) is 0 Å². The van der Waals surface area contributed by atoms with E-state index in [0.717, 1.165) is 5.56 Å². The first-order chi connectivity index (χ1) is 6.97. The third kappa shape index (κ3) is 3.89. The number of rotatable bonds is 3. The van der Waals surface area contributed by atoms with E-state index in [1.165, 1.54) is 13.8 Å². The van der Waals surface area contributed by atoms with E-state index in [2.05, 4.69) is 10.3 Å². The van der Waals surface area contributed by atoms with E-state index in [9.17, 15) is 9.59 Å². The predicted octanol–water partition coefficient (Wildman–Crippen LogP) is 1.48. The average molecular weight is 206 g/mol. The van der Waals surface area contributed by atoms with E-state index < -0.39 is 0 Å². The van der Waals surface area contributed by atoms with Crippen LogP contribution in [0.15, 0.2) is 12.1 Å². The van der Waals surface area contributed by atoms with Crippen LogP contribution in [0.2, 0.25) is 0 Å². The summed E-state index contributed by atoms with van der Waals surface area (Å²) in [6, 6.07) is 3.61. The van der Waals surface area contributed by atoms with Crippen LogP contribution in [0.3, 0.4) is 0 Å². The van der Waals surface area contributed by atoms with Gasteiger partial charge in [0.15, 0.2) is 0 Å². The second-order valence-electron chi connectivity index (χ2n) is 3.58. The second kappa shape index (κ2) is 4.68. The monoisotopic (exact) mass is 206 g/mol. The fraction of sp³-hybridized carbons (Fsp3) is 0.364. The number of hydrogen-bond acceptors (Lipinski definition) is 3. The molecule has 0 spiro atoms. The highest BCUT2D eigenvalue weighted by Gasteiger charge is 2.04. The van der Waals surface area contributed by atoms with Gasteiger partial charge in [0.1, 0.15) is 11.6 Å². The zero-order valence-corrected chi connectivity index (χ0v) is 9.13. The van der Waals surface area contributed by atoms with Crippen LogP contribution >= 0.6 is 0 Å². The third-order valence-corrected chi connectivity index (χ3v) is 1.76. The Labute approximate surface area is 88.7 Å². The molecule has 0 fully saturated rings. The van der Waals surface area contributed by atoms with Gasteiger partial charge in [-0.25, -0.2) is 4.98 Å². The molecule has 15 heavy (non-hydrogen) atoms. The summed E-state index contributed by atoms with van der Waals surface area (Å²) in [5.41, 5.74) is 1.66. The van der Waals surface area contributed by atoms with Crippen LogP contribution in [-0.2, 0) is 16.0 Å². The highest BCUT2D eigenvalue weighted by Crippen LogP contribution is 2.10. The standard InChI is InChI=1S/C11H14N2O2/c1-7-4-10(6-8(2)14)13-11(5-7)12-9(3)15/h4-5H,6H2,1-3H3,(H,12,13,15). The molecule has 0 aliphatic carbocycles. The number of carbonyl (C=O) groups excluding carboxylic acids is 2. The summed E-state index contributed by atoms with van der Waals surface area (Å²) in [6.45, 7) is 4.84. The molecule has 1 rings (SSSR count). The first-order valence-electron chi connectivity index (χ1n) is 4.72. The number of carbonyl (C=O) groups is 2. The van der Waals surface area contributed by atoms with Gasteiger partial charge in [-0.05, 0) is 31.5 Å². The van der Waals surface area contributed by atoms with Gasteiger partial charge in [-0.1, -0.05) is 0 Å². The van der Waals surface area contributed by atoms with Crippen molar-refractivity contribution in [3.63, 3.8) is 0 Å². The number of pyridine rings is 1. The van der Waals surface area contributed by atoms with Crippen molar-refractivity contribution in [1.82, 2.24) is 4.98 Å². The van der Waals surface area contributed by atoms with Gasteiger partial charge in [0.05, 0.1) is 5.69 Å². The SMILES string of the molecule is CC(=O)Cc1cc(C)cc(NC(C)=O)n1.